The molecular formula is C6H13ClS. The van der Waals surface area contributed by atoms with E-state index in [9.17, 15) is 0 Å². The quantitative estimate of drug-likeness (QED) is 0.558. The van der Waals surface area contributed by atoms with Gasteiger partial charge in [-0.1, -0.05) is 13.8 Å². The SMILES string of the molecule is CCCSC(Cl)CC. The molecule has 1 atom stereocenters. The second-order valence-corrected chi connectivity index (χ2v) is 3.79. The van der Waals surface area contributed by atoms with Crippen molar-refractivity contribution in [1.29, 1.82) is 0 Å². The van der Waals surface area contributed by atoms with E-state index in [0.717, 1.165) is 6.42 Å². The highest BCUT2D eigenvalue weighted by molar-refractivity contribution is 8.01. The molecule has 0 rings (SSSR count). The van der Waals surface area contributed by atoms with Crippen LogP contribution in [0.25, 0.3) is 0 Å². The first-order chi connectivity index (χ1) is 3.81. The van der Waals surface area contributed by atoms with E-state index in [4.69, 9.17) is 11.6 Å². The summed E-state index contributed by atoms with van der Waals surface area (Å²) in [6, 6.07) is 0. The van der Waals surface area contributed by atoms with Gasteiger partial charge in [-0.25, -0.2) is 0 Å². The van der Waals surface area contributed by atoms with Crippen molar-refractivity contribution in [3.8, 4) is 0 Å². The van der Waals surface area contributed by atoms with Crippen molar-refractivity contribution >= 4 is 23.4 Å². The molecule has 2 heteroatoms. The number of rotatable bonds is 4. The predicted molar refractivity (Wildman–Crippen MR) is 42.7 cm³/mol. The Morgan fingerprint density at radius 3 is 2.50 bits per heavy atom. The highest BCUT2D eigenvalue weighted by Gasteiger charge is 1.97. The summed E-state index contributed by atoms with van der Waals surface area (Å²) < 4.78 is 0.343. The van der Waals surface area contributed by atoms with Gasteiger partial charge in [0.25, 0.3) is 0 Å². The summed E-state index contributed by atoms with van der Waals surface area (Å²) in [5, 5.41) is 0. The van der Waals surface area contributed by atoms with Crippen LogP contribution in [-0.4, -0.2) is 10.5 Å². The minimum absolute atomic E-state index is 0.343. The zero-order valence-corrected chi connectivity index (χ0v) is 7.06. The van der Waals surface area contributed by atoms with Gasteiger partial charge in [-0.2, -0.15) is 0 Å². The van der Waals surface area contributed by atoms with Gasteiger partial charge in [0.05, 0.1) is 4.71 Å². The molecule has 0 spiro atoms. The Balaban J connectivity index is 2.86. The van der Waals surface area contributed by atoms with E-state index < -0.39 is 0 Å². The third kappa shape index (κ3) is 4.79. The fourth-order valence-corrected chi connectivity index (χ4v) is 1.36. The molecular weight excluding hydrogens is 140 g/mol. The van der Waals surface area contributed by atoms with E-state index in [-0.39, 0.29) is 0 Å². The molecule has 0 N–H and O–H groups in total. The third-order valence-electron chi connectivity index (χ3n) is 0.824. The monoisotopic (exact) mass is 152 g/mol. The van der Waals surface area contributed by atoms with Crippen molar-refractivity contribution in [3.05, 3.63) is 0 Å². The minimum Gasteiger partial charge on any atom is -0.142 e. The first kappa shape index (κ1) is 8.64. The molecule has 0 aliphatic carbocycles. The summed E-state index contributed by atoms with van der Waals surface area (Å²) in [7, 11) is 0. The maximum absolute atomic E-state index is 5.81. The molecule has 0 aromatic heterocycles. The number of hydrogen-bond acceptors (Lipinski definition) is 1. The van der Waals surface area contributed by atoms with Crippen molar-refractivity contribution < 1.29 is 0 Å². The summed E-state index contributed by atoms with van der Waals surface area (Å²) in [4.78, 5) is 0. The molecule has 0 saturated heterocycles. The van der Waals surface area contributed by atoms with Crippen LogP contribution in [0.5, 0.6) is 0 Å². The second kappa shape index (κ2) is 5.77. The van der Waals surface area contributed by atoms with Gasteiger partial charge in [-0.3, -0.25) is 0 Å². The summed E-state index contributed by atoms with van der Waals surface area (Å²) in [6.45, 7) is 4.28. The number of thioether (sulfide) groups is 1. The van der Waals surface area contributed by atoms with Gasteiger partial charge < -0.3 is 0 Å². The average Bonchev–Trinajstić information content (AvgIpc) is 1.83. The number of hydrogen-bond donors (Lipinski definition) is 0. The van der Waals surface area contributed by atoms with Crippen LogP contribution in [-0.2, 0) is 0 Å². The van der Waals surface area contributed by atoms with Crippen molar-refractivity contribution in [2.45, 2.75) is 31.4 Å². The average molecular weight is 153 g/mol. The van der Waals surface area contributed by atoms with E-state index in [2.05, 4.69) is 13.8 Å². The van der Waals surface area contributed by atoms with Crippen LogP contribution < -0.4 is 0 Å². The largest absolute Gasteiger partial charge is 0.142 e. The zero-order valence-electron chi connectivity index (χ0n) is 5.48. The van der Waals surface area contributed by atoms with E-state index in [1.54, 1.807) is 0 Å². The molecule has 0 radical (unpaired) electrons. The highest BCUT2D eigenvalue weighted by atomic mass is 35.5. The zero-order chi connectivity index (χ0) is 6.41. The van der Waals surface area contributed by atoms with Crippen molar-refractivity contribution in [2.24, 2.45) is 0 Å². The Labute approximate surface area is 61.0 Å². The van der Waals surface area contributed by atoms with Crippen LogP contribution in [0.1, 0.15) is 26.7 Å². The lowest BCUT2D eigenvalue weighted by Crippen LogP contribution is -1.88. The normalized spacial score (nSPS) is 13.9. The van der Waals surface area contributed by atoms with Crippen molar-refractivity contribution in [3.63, 3.8) is 0 Å². The lowest BCUT2D eigenvalue weighted by atomic mass is 10.6. The first-order valence-corrected chi connectivity index (χ1v) is 4.55. The topological polar surface area (TPSA) is 0 Å². The summed E-state index contributed by atoms with van der Waals surface area (Å²) in [6.07, 6.45) is 2.31. The molecule has 0 bridgehead atoms. The van der Waals surface area contributed by atoms with Gasteiger partial charge in [-0.05, 0) is 18.6 Å². The lowest BCUT2D eigenvalue weighted by Gasteiger charge is -2.02. The van der Waals surface area contributed by atoms with Crippen molar-refractivity contribution in [2.75, 3.05) is 5.75 Å². The Morgan fingerprint density at radius 2 is 2.12 bits per heavy atom. The maximum Gasteiger partial charge on any atom is 0.0786 e. The van der Waals surface area contributed by atoms with Gasteiger partial charge in [0.15, 0.2) is 0 Å². The van der Waals surface area contributed by atoms with Gasteiger partial charge in [-0.15, -0.1) is 23.4 Å². The highest BCUT2D eigenvalue weighted by Crippen LogP contribution is 2.18. The summed E-state index contributed by atoms with van der Waals surface area (Å²) in [5.41, 5.74) is 0. The molecule has 0 aliphatic rings. The third-order valence-corrected chi connectivity index (χ3v) is 2.85. The van der Waals surface area contributed by atoms with E-state index in [1.165, 1.54) is 12.2 Å². The maximum atomic E-state index is 5.81. The Hall–Kier alpha value is 0.640. The van der Waals surface area contributed by atoms with Gasteiger partial charge >= 0.3 is 0 Å². The van der Waals surface area contributed by atoms with Crippen LogP contribution >= 0.6 is 23.4 Å². The summed E-state index contributed by atoms with van der Waals surface area (Å²) >= 11 is 7.65. The van der Waals surface area contributed by atoms with Crippen LogP contribution in [0.2, 0.25) is 0 Å². The van der Waals surface area contributed by atoms with Crippen LogP contribution in [0.3, 0.4) is 0 Å². The molecule has 0 saturated carbocycles. The second-order valence-electron chi connectivity index (χ2n) is 1.69. The first-order valence-electron chi connectivity index (χ1n) is 3.07. The van der Waals surface area contributed by atoms with Gasteiger partial charge in [0.2, 0.25) is 0 Å². The molecule has 0 amide bonds. The van der Waals surface area contributed by atoms with Crippen molar-refractivity contribution in [1.82, 2.24) is 0 Å². The molecule has 0 fully saturated rings. The molecule has 0 aromatic rings. The predicted octanol–water partition coefficient (Wildman–Crippen LogP) is 3.10. The standard InChI is InChI=1S/C6H13ClS/c1-3-5-8-6(7)4-2/h6H,3-5H2,1-2H3. The van der Waals surface area contributed by atoms with Gasteiger partial charge in [0, 0.05) is 0 Å². The molecule has 50 valence electrons. The molecule has 0 aromatic carbocycles. The fraction of sp³-hybridized carbons (Fsp3) is 1.00. The van der Waals surface area contributed by atoms with Crippen LogP contribution in [0.4, 0.5) is 0 Å². The van der Waals surface area contributed by atoms with E-state index in [1.807, 2.05) is 11.8 Å². The summed E-state index contributed by atoms with van der Waals surface area (Å²) in [5.74, 6) is 1.20. The Kier molecular flexibility index (Phi) is 6.23. The minimum atomic E-state index is 0.343. The lowest BCUT2D eigenvalue weighted by molar-refractivity contribution is 1.03. The van der Waals surface area contributed by atoms with Crippen LogP contribution in [0.15, 0.2) is 0 Å². The fourth-order valence-electron chi connectivity index (χ4n) is 0.364. The Bertz CT molecular complexity index is 47.8. The van der Waals surface area contributed by atoms with Gasteiger partial charge in [0.1, 0.15) is 0 Å². The Morgan fingerprint density at radius 1 is 1.50 bits per heavy atom. The smallest absolute Gasteiger partial charge is 0.0786 e. The molecule has 8 heavy (non-hydrogen) atoms. The molecule has 0 aliphatic heterocycles. The van der Waals surface area contributed by atoms with E-state index >= 15 is 0 Å². The van der Waals surface area contributed by atoms with E-state index in [0.29, 0.717) is 4.71 Å². The molecule has 0 nitrogen and oxygen atoms in total. The number of halogens is 1. The molecule has 0 heterocycles. The number of alkyl halides is 1. The van der Waals surface area contributed by atoms with Crippen LogP contribution in [0, 0.1) is 0 Å². The molecule has 1 unspecified atom stereocenters.